The summed E-state index contributed by atoms with van der Waals surface area (Å²) in [5.74, 6) is 1.75. The molecule has 1 fully saturated rings. The summed E-state index contributed by atoms with van der Waals surface area (Å²) in [6, 6.07) is 0.525. The van der Waals surface area contributed by atoms with Crippen LogP contribution in [0.15, 0.2) is 0 Å². The maximum Gasteiger partial charge on any atom is 0.164 e. The van der Waals surface area contributed by atoms with Crippen LogP contribution in [0.1, 0.15) is 39.5 Å². The number of nitrogens with one attached hydrogen (secondary N) is 1. The number of rotatable bonds is 9. The predicted molar refractivity (Wildman–Crippen MR) is 89.1 cm³/mol. The van der Waals surface area contributed by atoms with Gasteiger partial charge in [-0.2, -0.15) is 11.8 Å². The van der Waals surface area contributed by atoms with Crippen molar-refractivity contribution in [1.82, 2.24) is 10.2 Å². The third kappa shape index (κ3) is 6.78. The fourth-order valence-electron chi connectivity index (χ4n) is 2.52. The standard InChI is InChI=1S/C14H30N2O2S2/c1-4-5-6-7-13(2)15-8-9-16-10-11-19-12-14(16)20(3,17)18/h13-15H,4-12H2,1-3H3. The number of hydrogen-bond donors (Lipinski definition) is 1. The Bertz CT molecular complexity index is 360. The summed E-state index contributed by atoms with van der Waals surface area (Å²) in [5, 5.41) is 3.22. The average Bonchev–Trinajstić information content (AvgIpc) is 2.38. The Hall–Kier alpha value is 0.220. The zero-order chi connectivity index (χ0) is 15.0. The van der Waals surface area contributed by atoms with Crippen LogP contribution < -0.4 is 5.32 Å². The first-order valence-corrected chi connectivity index (χ1v) is 10.8. The van der Waals surface area contributed by atoms with Crippen molar-refractivity contribution in [3.63, 3.8) is 0 Å². The van der Waals surface area contributed by atoms with E-state index in [2.05, 4.69) is 24.1 Å². The molecule has 6 heteroatoms. The lowest BCUT2D eigenvalue weighted by molar-refractivity contribution is 0.265. The minimum atomic E-state index is -2.97. The van der Waals surface area contributed by atoms with E-state index in [0.717, 1.165) is 25.4 Å². The van der Waals surface area contributed by atoms with Crippen LogP contribution in [0.2, 0.25) is 0 Å². The molecule has 1 aliphatic heterocycles. The van der Waals surface area contributed by atoms with E-state index in [9.17, 15) is 8.42 Å². The largest absolute Gasteiger partial charge is 0.313 e. The second kappa shape index (κ2) is 9.28. The Balaban J connectivity index is 2.28. The molecule has 0 aromatic carbocycles. The van der Waals surface area contributed by atoms with E-state index in [4.69, 9.17) is 0 Å². The molecule has 1 rings (SSSR count). The van der Waals surface area contributed by atoms with Crippen LogP contribution in [-0.4, -0.2) is 62.1 Å². The average molecular weight is 323 g/mol. The Morgan fingerprint density at radius 2 is 2.15 bits per heavy atom. The first-order chi connectivity index (χ1) is 9.45. The summed E-state index contributed by atoms with van der Waals surface area (Å²) < 4.78 is 23.6. The van der Waals surface area contributed by atoms with Crippen molar-refractivity contribution in [1.29, 1.82) is 0 Å². The van der Waals surface area contributed by atoms with E-state index in [1.807, 2.05) is 0 Å². The van der Waals surface area contributed by atoms with Gasteiger partial charge in [0, 0.05) is 43.4 Å². The van der Waals surface area contributed by atoms with E-state index in [-0.39, 0.29) is 5.37 Å². The molecular weight excluding hydrogens is 292 g/mol. The summed E-state index contributed by atoms with van der Waals surface area (Å²) in [4.78, 5) is 2.12. The van der Waals surface area contributed by atoms with E-state index in [0.29, 0.717) is 11.8 Å². The van der Waals surface area contributed by atoms with Crippen LogP contribution in [0.5, 0.6) is 0 Å². The van der Waals surface area contributed by atoms with E-state index in [1.54, 1.807) is 11.8 Å². The molecule has 2 unspecified atom stereocenters. The molecule has 0 spiro atoms. The molecule has 0 aromatic heterocycles. The zero-order valence-electron chi connectivity index (χ0n) is 13.1. The van der Waals surface area contributed by atoms with Crippen molar-refractivity contribution in [2.75, 3.05) is 37.4 Å². The highest BCUT2D eigenvalue weighted by atomic mass is 32.2. The number of hydrogen-bond acceptors (Lipinski definition) is 5. The van der Waals surface area contributed by atoms with Gasteiger partial charge in [-0.25, -0.2) is 8.42 Å². The van der Waals surface area contributed by atoms with Crippen molar-refractivity contribution in [2.45, 2.75) is 50.9 Å². The van der Waals surface area contributed by atoms with Crippen molar-refractivity contribution in [2.24, 2.45) is 0 Å². The number of unbranched alkanes of at least 4 members (excludes halogenated alkanes) is 2. The first kappa shape index (κ1) is 18.3. The molecule has 120 valence electrons. The molecule has 0 aliphatic carbocycles. The van der Waals surface area contributed by atoms with Crippen LogP contribution in [0.3, 0.4) is 0 Å². The van der Waals surface area contributed by atoms with Crippen LogP contribution in [0, 0.1) is 0 Å². The smallest absolute Gasteiger partial charge is 0.164 e. The van der Waals surface area contributed by atoms with Gasteiger partial charge in [-0.05, 0) is 13.3 Å². The Labute approximate surface area is 129 Å². The minimum Gasteiger partial charge on any atom is -0.313 e. The maximum atomic E-state index is 11.8. The van der Waals surface area contributed by atoms with Crippen molar-refractivity contribution >= 4 is 21.6 Å². The van der Waals surface area contributed by atoms with Gasteiger partial charge in [0.2, 0.25) is 0 Å². The summed E-state index contributed by atoms with van der Waals surface area (Å²) in [6.07, 6.45) is 6.40. The van der Waals surface area contributed by atoms with Crippen LogP contribution in [-0.2, 0) is 9.84 Å². The van der Waals surface area contributed by atoms with Crippen molar-refractivity contribution in [3.8, 4) is 0 Å². The summed E-state index contributed by atoms with van der Waals surface area (Å²) >= 11 is 1.75. The quantitative estimate of drug-likeness (QED) is 0.658. The first-order valence-electron chi connectivity index (χ1n) is 7.69. The van der Waals surface area contributed by atoms with Crippen LogP contribution in [0.4, 0.5) is 0 Å². The zero-order valence-corrected chi connectivity index (χ0v) is 14.7. The van der Waals surface area contributed by atoms with Gasteiger partial charge in [0.15, 0.2) is 9.84 Å². The third-order valence-corrected chi connectivity index (χ3v) is 6.50. The highest BCUT2D eigenvalue weighted by molar-refractivity contribution is 8.00. The second-order valence-electron chi connectivity index (χ2n) is 5.75. The second-order valence-corrected chi connectivity index (χ2v) is 9.10. The molecule has 1 saturated heterocycles. The molecule has 0 bridgehead atoms. The fraction of sp³-hybridized carbons (Fsp3) is 1.00. The van der Waals surface area contributed by atoms with E-state index < -0.39 is 9.84 Å². The molecule has 1 heterocycles. The van der Waals surface area contributed by atoms with Gasteiger partial charge in [-0.1, -0.05) is 26.2 Å². The van der Waals surface area contributed by atoms with Crippen molar-refractivity contribution < 1.29 is 8.42 Å². The van der Waals surface area contributed by atoms with E-state index in [1.165, 1.54) is 31.9 Å². The molecule has 20 heavy (non-hydrogen) atoms. The van der Waals surface area contributed by atoms with Gasteiger partial charge in [0.1, 0.15) is 5.37 Å². The highest BCUT2D eigenvalue weighted by Gasteiger charge is 2.30. The normalized spacial score (nSPS) is 22.9. The third-order valence-electron chi connectivity index (χ3n) is 3.82. The maximum absolute atomic E-state index is 11.8. The van der Waals surface area contributed by atoms with Crippen molar-refractivity contribution in [3.05, 3.63) is 0 Å². The Morgan fingerprint density at radius 3 is 2.80 bits per heavy atom. The Kier molecular flexibility index (Phi) is 8.48. The van der Waals surface area contributed by atoms with Crippen LogP contribution in [0.25, 0.3) is 0 Å². The molecule has 1 N–H and O–H groups in total. The molecular formula is C14H30N2O2S2. The number of thioether (sulfide) groups is 1. The lowest BCUT2D eigenvalue weighted by Gasteiger charge is -2.34. The van der Waals surface area contributed by atoms with Gasteiger partial charge in [-0.15, -0.1) is 0 Å². The van der Waals surface area contributed by atoms with Crippen LogP contribution >= 0.6 is 11.8 Å². The minimum absolute atomic E-state index is 0.293. The monoisotopic (exact) mass is 322 g/mol. The van der Waals surface area contributed by atoms with Gasteiger partial charge < -0.3 is 5.32 Å². The molecule has 0 amide bonds. The Morgan fingerprint density at radius 1 is 1.40 bits per heavy atom. The number of nitrogens with zero attached hydrogens (tertiary/aromatic N) is 1. The number of sulfone groups is 1. The summed E-state index contributed by atoms with van der Waals surface area (Å²) in [7, 11) is -2.97. The molecule has 0 aromatic rings. The SMILES string of the molecule is CCCCCC(C)NCCN1CCSCC1S(C)(=O)=O. The fourth-order valence-corrected chi connectivity index (χ4v) is 5.50. The molecule has 2 atom stereocenters. The molecule has 1 aliphatic rings. The summed E-state index contributed by atoms with van der Waals surface area (Å²) in [5.41, 5.74) is 0. The van der Waals surface area contributed by atoms with E-state index >= 15 is 0 Å². The summed E-state index contributed by atoms with van der Waals surface area (Å²) in [6.45, 7) is 7.03. The molecule has 0 saturated carbocycles. The lowest BCUT2D eigenvalue weighted by atomic mass is 10.1. The van der Waals surface area contributed by atoms with Gasteiger partial charge in [0.25, 0.3) is 0 Å². The predicted octanol–water partition coefficient (Wildman–Crippen LogP) is 1.96. The molecule has 4 nitrogen and oxygen atoms in total. The van der Waals surface area contributed by atoms with Gasteiger partial charge >= 0.3 is 0 Å². The topological polar surface area (TPSA) is 49.4 Å². The highest BCUT2D eigenvalue weighted by Crippen LogP contribution is 2.19. The lowest BCUT2D eigenvalue weighted by Crippen LogP contribution is -2.49. The molecule has 0 radical (unpaired) electrons. The van der Waals surface area contributed by atoms with Gasteiger partial charge in [0.05, 0.1) is 0 Å². The van der Waals surface area contributed by atoms with Gasteiger partial charge in [-0.3, -0.25) is 4.90 Å².